The second-order valence-electron chi connectivity index (χ2n) is 6.54. The van der Waals surface area contributed by atoms with Gasteiger partial charge in [-0.3, -0.25) is 9.36 Å². The van der Waals surface area contributed by atoms with Crippen molar-refractivity contribution in [1.29, 1.82) is 0 Å². The van der Waals surface area contributed by atoms with Gasteiger partial charge in [0.05, 0.1) is 11.3 Å². The molecule has 1 fully saturated rings. The number of nitrogens with one attached hydrogen (secondary N) is 1. The highest BCUT2D eigenvalue weighted by molar-refractivity contribution is 7.99. The summed E-state index contributed by atoms with van der Waals surface area (Å²) in [7, 11) is 0. The van der Waals surface area contributed by atoms with Crippen LogP contribution in [0.4, 0.5) is 4.39 Å². The first-order valence-corrected chi connectivity index (χ1v) is 10.3. The molecule has 1 saturated carbocycles. The molecule has 144 valence electrons. The Morgan fingerprint density at radius 1 is 1.18 bits per heavy atom. The highest BCUT2D eigenvalue weighted by atomic mass is 35.5. The zero-order valence-corrected chi connectivity index (χ0v) is 16.5. The van der Waals surface area contributed by atoms with Gasteiger partial charge in [-0.2, -0.15) is 0 Å². The second kappa shape index (κ2) is 8.32. The lowest BCUT2D eigenvalue weighted by Gasteiger charge is -2.10. The first-order valence-electron chi connectivity index (χ1n) is 8.96. The lowest BCUT2D eigenvalue weighted by molar-refractivity contribution is -0.118. The average Bonchev–Trinajstić information content (AvgIpc) is 3.45. The normalized spacial score (nSPS) is 13.5. The van der Waals surface area contributed by atoms with Crippen molar-refractivity contribution < 1.29 is 9.18 Å². The Morgan fingerprint density at radius 3 is 2.68 bits per heavy atom. The van der Waals surface area contributed by atoms with Crippen LogP contribution in [-0.4, -0.2) is 26.4 Å². The van der Waals surface area contributed by atoms with Gasteiger partial charge in [-0.25, -0.2) is 4.39 Å². The first-order chi connectivity index (χ1) is 13.6. The van der Waals surface area contributed by atoms with E-state index in [0.29, 0.717) is 28.1 Å². The molecule has 1 heterocycles. The molecule has 1 aliphatic rings. The predicted molar refractivity (Wildman–Crippen MR) is 108 cm³/mol. The highest BCUT2D eigenvalue weighted by Gasteiger charge is 2.31. The van der Waals surface area contributed by atoms with E-state index in [0.717, 1.165) is 18.4 Å². The Bertz CT molecular complexity index is 1010. The zero-order chi connectivity index (χ0) is 19.5. The smallest absolute Gasteiger partial charge is 0.230 e. The fourth-order valence-electron chi connectivity index (χ4n) is 2.88. The van der Waals surface area contributed by atoms with Crippen molar-refractivity contribution in [2.75, 3.05) is 5.75 Å². The number of rotatable bonds is 7. The minimum Gasteiger partial charge on any atom is -0.351 e. The van der Waals surface area contributed by atoms with Gasteiger partial charge in [0.15, 0.2) is 11.0 Å². The SMILES string of the molecule is O=C(CSc1nnc(-c2ccccc2F)n1C1CC1)NCc1ccccc1Cl. The maximum absolute atomic E-state index is 14.2. The molecule has 28 heavy (non-hydrogen) atoms. The summed E-state index contributed by atoms with van der Waals surface area (Å²) in [5.41, 5.74) is 1.29. The summed E-state index contributed by atoms with van der Waals surface area (Å²) in [6, 6.07) is 14.2. The number of carbonyl (C=O) groups is 1. The molecule has 0 bridgehead atoms. The van der Waals surface area contributed by atoms with E-state index in [9.17, 15) is 9.18 Å². The third-order valence-corrected chi connectivity index (χ3v) is 5.77. The molecule has 0 radical (unpaired) electrons. The van der Waals surface area contributed by atoms with Crippen LogP contribution in [0.25, 0.3) is 11.4 Å². The number of nitrogens with zero attached hydrogens (tertiary/aromatic N) is 3. The van der Waals surface area contributed by atoms with E-state index >= 15 is 0 Å². The lowest BCUT2D eigenvalue weighted by Crippen LogP contribution is -2.24. The standard InChI is InChI=1S/C20H18ClFN4OS/c21-16-7-3-1-5-13(16)11-23-18(27)12-28-20-25-24-19(26(20)14-9-10-14)15-6-2-4-8-17(15)22/h1-8,14H,9-12H2,(H,23,27). The molecular weight excluding hydrogens is 399 g/mol. The fourth-order valence-corrected chi connectivity index (χ4v) is 3.92. The minimum atomic E-state index is -0.328. The number of amides is 1. The number of benzene rings is 2. The van der Waals surface area contributed by atoms with Gasteiger partial charge in [0, 0.05) is 17.6 Å². The molecule has 0 atom stereocenters. The van der Waals surface area contributed by atoms with E-state index in [-0.39, 0.29) is 23.5 Å². The van der Waals surface area contributed by atoms with Crippen LogP contribution in [0.1, 0.15) is 24.4 Å². The summed E-state index contributed by atoms with van der Waals surface area (Å²) in [5, 5.41) is 12.5. The Labute approximate surface area is 171 Å². The third-order valence-electron chi connectivity index (χ3n) is 4.46. The number of thioether (sulfide) groups is 1. The van der Waals surface area contributed by atoms with Crippen LogP contribution in [0.5, 0.6) is 0 Å². The van der Waals surface area contributed by atoms with Crippen LogP contribution in [0, 0.1) is 5.82 Å². The van der Waals surface area contributed by atoms with Crippen molar-refractivity contribution in [1.82, 2.24) is 20.1 Å². The Morgan fingerprint density at radius 2 is 1.93 bits per heavy atom. The molecule has 0 spiro atoms. The number of hydrogen-bond acceptors (Lipinski definition) is 4. The van der Waals surface area contributed by atoms with Gasteiger partial charge in [0.25, 0.3) is 0 Å². The molecular formula is C20H18ClFN4OS. The molecule has 3 aromatic rings. The monoisotopic (exact) mass is 416 g/mol. The first kappa shape index (κ1) is 19.0. The van der Waals surface area contributed by atoms with Crippen LogP contribution in [0.3, 0.4) is 0 Å². The highest BCUT2D eigenvalue weighted by Crippen LogP contribution is 2.41. The van der Waals surface area contributed by atoms with Crippen LogP contribution < -0.4 is 5.32 Å². The summed E-state index contributed by atoms with van der Waals surface area (Å²) >= 11 is 7.41. The molecule has 1 aromatic heterocycles. The van der Waals surface area contributed by atoms with Crippen LogP contribution in [0.2, 0.25) is 5.02 Å². The molecule has 0 saturated heterocycles. The minimum absolute atomic E-state index is 0.122. The van der Waals surface area contributed by atoms with Gasteiger partial charge in [-0.1, -0.05) is 53.7 Å². The molecule has 8 heteroatoms. The van der Waals surface area contributed by atoms with Crippen molar-refractivity contribution >= 4 is 29.3 Å². The van der Waals surface area contributed by atoms with Gasteiger partial charge >= 0.3 is 0 Å². The molecule has 0 aliphatic heterocycles. The summed E-state index contributed by atoms with van der Waals surface area (Å²) in [6.45, 7) is 0.370. The van der Waals surface area contributed by atoms with Crippen molar-refractivity contribution in [2.45, 2.75) is 30.6 Å². The van der Waals surface area contributed by atoms with Crippen molar-refractivity contribution in [3.8, 4) is 11.4 Å². The zero-order valence-electron chi connectivity index (χ0n) is 14.9. The van der Waals surface area contributed by atoms with Gasteiger partial charge in [0.1, 0.15) is 5.82 Å². The third kappa shape index (κ3) is 4.20. The molecule has 0 unspecified atom stereocenters. The summed E-state index contributed by atoms with van der Waals surface area (Å²) < 4.78 is 16.1. The number of aromatic nitrogens is 3. The summed E-state index contributed by atoms with van der Waals surface area (Å²) in [5.74, 6) is 0.264. The van der Waals surface area contributed by atoms with Gasteiger partial charge in [-0.05, 0) is 36.6 Å². The molecule has 4 rings (SSSR count). The molecule has 1 amide bonds. The van der Waals surface area contributed by atoms with Gasteiger partial charge < -0.3 is 5.32 Å². The topological polar surface area (TPSA) is 59.8 Å². The maximum Gasteiger partial charge on any atom is 0.230 e. The molecule has 1 aliphatic carbocycles. The summed E-state index contributed by atoms with van der Waals surface area (Å²) in [6.07, 6.45) is 2.01. The maximum atomic E-state index is 14.2. The van der Waals surface area contributed by atoms with E-state index in [1.165, 1.54) is 17.8 Å². The molecule has 5 nitrogen and oxygen atoms in total. The van der Waals surface area contributed by atoms with Gasteiger partial charge in [-0.15, -0.1) is 10.2 Å². The lowest BCUT2D eigenvalue weighted by atomic mass is 10.2. The second-order valence-corrected chi connectivity index (χ2v) is 7.89. The van der Waals surface area contributed by atoms with E-state index < -0.39 is 0 Å². The van der Waals surface area contributed by atoms with Crippen LogP contribution in [0.15, 0.2) is 53.7 Å². The van der Waals surface area contributed by atoms with Gasteiger partial charge in [0.2, 0.25) is 5.91 Å². The number of carbonyl (C=O) groups excluding carboxylic acids is 1. The average molecular weight is 417 g/mol. The van der Waals surface area contributed by atoms with Crippen molar-refractivity contribution in [3.63, 3.8) is 0 Å². The van der Waals surface area contributed by atoms with Crippen LogP contribution >= 0.6 is 23.4 Å². The summed E-state index contributed by atoms with van der Waals surface area (Å²) in [4.78, 5) is 12.2. The van der Waals surface area contributed by atoms with E-state index in [4.69, 9.17) is 11.6 Å². The van der Waals surface area contributed by atoms with E-state index in [2.05, 4.69) is 15.5 Å². The van der Waals surface area contributed by atoms with Crippen LogP contribution in [-0.2, 0) is 11.3 Å². The van der Waals surface area contributed by atoms with Crippen molar-refractivity contribution in [2.24, 2.45) is 0 Å². The fraction of sp³-hybridized carbons (Fsp3) is 0.250. The Balaban J connectivity index is 1.43. The number of halogens is 2. The predicted octanol–water partition coefficient (Wildman–Crippen LogP) is 4.48. The van der Waals surface area contributed by atoms with E-state index in [1.807, 2.05) is 22.8 Å². The largest absolute Gasteiger partial charge is 0.351 e. The quantitative estimate of drug-likeness (QED) is 0.577. The molecule has 1 N–H and O–H groups in total. The van der Waals surface area contributed by atoms with E-state index in [1.54, 1.807) is 24.3 Å². The van der Waals surface area contributed by atoms with Crippen molar-refractivity contribution in [3.05, 3.63) is 64.9 Å². The Hall–Kier alpha value is -2.38. The number of hydrogen-bond donors (Lipinski definition) is 1. The molecule has 2 aromatic carbocycles. The Kier molecular flexibility index (Phi) is 5.64.